The number of halogens is 2. The predicted molar refractivity (Wildman–Crippen MR) is 70.4 cm³/mol. The van der Waals surface area contributed by atoms with Crippen LogP contribution >= 0.6 is 11.6 Å². The van der Waals surface area contributed by atoms with Gasteiger partial charge in [0.2, 0.25) is 0 Å². The molecule has 4 heteroatoms. The van der Waals surface area contributed by atoms with Crippen molar-refractivity contribution in [2.75, 3.05) is 7.11 Å². The monoisotopic (exact) mass is 272 g/mol. The lowest BCUT2D eigenvalue weighted by Gasteiger charge is -2.28. The Labute approximate surface area is 112 Å². The van der Waals surface area contributed by atoms with E-state index in [9.17, 15) is 9.18 Å². The number of Topliss-reactive ketones (excluding diaryl/α,β-unsaturated/α-hetero) is 1. The zero-order valence-electron chi connectivity index (χ0n) is 10.9. The zero-order valence-corrected chi connectivity index (χ0v) is 11.7. The molecule has 0 aromatic heterocycles. The summed E-state index contributed by atoms with van der Waals surface area (Å²) in [5.41, 5.74) is -0.459. The lowest BCUT2D eigenvalue weighted by Crippen LogP contribution is -2.40. The summed E-state index contributed by atoms with van der Waals surface area (Å²) < 4.78 is 19.0. The van der Waals surface area contributed by atoms with E-state index in [0.29, 0.717) is 23.4 Å². The molecule has 0 aliphatic heterocycles. The van der Waals surface area contributed by atoms with Crippen LogP contribution in [0.5, 0.6) is 0 Å². The maximum Gasteiger partial charge on any atom is 0.169 e. The van der Waals surface area contributed by atoms with Crippen molar-refractivity contribution in [1.29, 1.82) is 0 Å². The van der Waals surface area contributed by atoms with Gasteiger partial charge in [-0.25, -0.2) is 4.39 Å². The fraction of sp³-hybridized carbons (Fsp3) is 0.500. The van der Waals surface area contributed by atoms with Gasteiger partial charge in [-0.3, -0.25) is 4.79 Å². The molecule has 0 spiro atoms. The molecule has 0 saturated carbocycles. The molecular weight excluding hydrogens is 255 g/mol. The number of hydrogen-bond acceptors (Lipinski definition) is 2. The Balaban J connectivity index is 2.93. The van der Waals surface area contributed by atoms with E-state index in [4.69, 9.17) is 16.3 Å². The van der Waals surface area contributed by atoms with Crippen LogP contribution in [-0.4, -0.2) is 18.5 Å². The molecule has 0 aliphatic carbocycles. The first-order valence-corrected chi connectivity index (χ1v) is 6.39. The van der Waals surface area contributed by atoms with E-state index in [1.54, 1.807) is 12.1 Å². The quantitative estimate of drug-likeness (QED) is 0.787. The van der Waals surface area contributed by atoms with E-state index in [1.807, 2.05) is 13.8 Å². The van der Waals surface area contributed by atoms with E-state index in [0.717, 1.165) is 0 Å². The first-order valence-electron chi connectivity index (χ1n) is 6.01. The smallest absolute Gasteiger partial charge is 0.169 e. The molecule has 0 radical (unpaired) electrons. The number of methoxy groups -OCH3 is 1. The molecule has 1 aromatic carbocycles. The maximum atomic E-state index is 13.6. The molecule has 0 aliphatic rings. The van der Waals surface area contributed by atoms with Crippen LogP contribution in [0.15, 0.2) is 18.2 Å². The van der Waals surface area contributed by atoms with E-state index in [2.05, 4.69) is 0 Å². The summed E-state index contributed by atoms with van der Waals surface area (Å²) >= 11 is 5.68. The SMILES string of the molecule is CCC(CC)(OC)C(=O)Cc1ccc(Cl)cc1F. The third kappa shape index (κ3) is 3.09. The first kappa shape index (κ1) is 15.1. The number of ether oxygens (including phenoxy) is 1. The van der Waals surface area contributed by atoms with Crippen LogP contribution in [0.25, 0.3) is 0 Å². The zero-order chi connectivity index (χ0) is 13.8. The van der Waals surface area contributed by atoms with Crippen molar-refractivity contribution in [1.82, 2.24) is 0 Å². The van der Waals surface area contributed by atoms with Gasteiger partial charge in [0.05, 0.1) is 0 Å². The van der Waals surface area contributed by atoms with Crippen LogP contribution in [0, 0.1) is 5.82 Å². The molecule has 1 rings (SSSR count). The van der Waals surface area contributed by atoms with Crippen LogP contribution in [0.3, 0.4) is 0 Å². The van der Waals surface area contributed by atoms with Crippen molar-refractivity contribution in [2.24, 2.45) is 0 Å². The van der Waals surface area contributed by atoms with Gasteiger partial charge in [0, 0.05) is 18.6 Å². The Hall–Kier alpha value is -0.930. The van der Waals surface area contributed by atoms with Gasteiger partial charge in [0.1, 0.15) is 11.4 Å². The van der Waals surface area contributed by atoms with Crippen LogP contribution in [0.4, 0.5) is 4.39 Å². The normalized spacial score (nSPS) is 11.6. The van der Waals surface area contributed by atoms with Crippen molar-refractivity contribution in [3.63, 3.8) is 0 Å². The number of carbonyl (C=O) groups is 1. The van der Waals surface area contributed by atoms with Gasteiger partial charge >= 0.3 is 0 Å². The molecule has 0 fully saturated rings. The second kappa shape index (κ2) is 6.30. The van der Waals surface area contributed by atoms with Crippen LogP contribution in [0.1, 0.15) is 32.3 Å². The highest BCUT2D eigenvalue weighted by Gasteiger charge is 2.34. The minimum Gasteiger partial charge on any atom is -0.370 e. The highest BCUT2D eigenvalue weighted by atomic mass is 35.5. The predicted octanol–water partition coefficient (Wildman–Crippen LogP) is 3.80. The van der Waals surface area contributed by atoms with E-state index in [1.165, 1.54) is 13.2 Å². The van der Waals surface area contributed by atoms with E-state index >= 15 is 0 Å². The lowest BCUT2D eigenvalue weighted by atomic mass is 9.88. The summed E-state index contributed by atoms with van der Waals surface area (Å²) in [5.74, 6) is -0.552. The summed E-state index contributed by atoms with van der Waals surface area (Å²) in [6, 6.07) is 4.34. The fourth-order valence-corrected chi connectivity index (χ4v) is 2.20. The van der Waals surface area contributed by atoms with Crippen molar-refractivity contribution in [3.05, 3.63) is 34.6 Å². The Morgan fingerprint density at radius 2 is 2.00 bits per heavy atom. The Bertz CT molecular complexity index is 420. The number of ketones is 1. The second-order valence-electron chi connectivity index (χ2n) is 4.24. The Morgan fingerprint density at radius 3 is 2.44 bits per heavy atom. The molecule has 0 heterocycles. The molecule has 0 N–H and O–H groups in total. The second-order valence-corrected chi connectivity index (χ2v) is 4.68. The third-order valence-electron chi connectivity index (χ3n) is 3.41. The third-order valence-corrected chi connectivity index (χ3v) is 3.64. The molecule has 1 aromatic rings. The summed E-state index contributed by atoms with van der Waals surface area (Å²) in [7, 11) is 1.52. The fourth-order valence-electron chi connectivity index (χ4n) is 2.05. The standard InChI is InChI=1S/C14H18ClFO2/c1-4-14(5-2,18-3)13(17)8-10-6-7-11(15)9-12(10)16/h6-7,9H,4-5,8H2,1-3H3. The molecule has 18 heavy (non-hydrogen) atoms. The highest BCUT2D eigenvalue weighted by Crippen LogP contribution is 2.24. The van der Waals surface area contributed by atoms with Crippen LogP contribution < -0.4 is 0 Å². The minimum atomic E-state index is -0.813. The van der Waals surface area contributed by atoms with Crippen molar-refractivity contribution in [2.45, 2.75) is 38.7 Å². The molecule has 2 nitrogen and oxygen atoms in total. The summed E-state index contributed by atoms with van der Waals surface area (Å²) in [5, 5.41) is 0.327. The Morgan fingerprint density at radius 1 is 1.39 bits per heavy atom. The number of hydrogen-bond donors (Lipinski definition) is 0. The van der Waals surface area contributed by atoms with Crippen molar-refractivity contribution >= 4 is 17.4 Å². The van der Waals surface area contributed by atoms with Gasteiger partial charge in [-0.1, -0.05) is 31.5 Å². The highest BCUT2D eigenvalue weighted by molar-refractivity contribution is 6.30. The molecule has 0 atom stereocenters. The first-order chi connectivity index (χ1) is 8.49. The van der Waals surface area contributed by atoms with Gasteiger partial charge < -0.3 is 4.74 Å². The summed E-state index contributed by atoms with van der Waals surface area (Å²) in [6.07, 6.45) is 1.18. The van der Waals surface area contributed by atoms with Gasteiger partial charge in [0.15, 0.2) is 5.78 Å². The molecule has 100 valence electrons. The van der Waals surface area contributed by atoms with Gasteiger partial charge in [-0.05, 0) is 30.5 Å². The molecule has 0 amide bonds. The van der Waals surface area contributed by atoms with E-state index in [-0.39, 0.29) is 12.2 Å². The van der Waals surface area contributed by atoms with Crippen molar-refractivity contribution < 1.29 is 13.9 Å². The molecular formula is C14H18ClFO2. The van der Waals surface area contributed by atoms with Crippen LogP contribution in [-0.2, 0) is 16.0 Å². The number of carbonyl (C=O) groups excluding carboxylic acids is 1. The van der Waals surface area contributed by atoms with Crippen LogP contribution in [0.2, 0.25) is 5.02 Å². The number of rotatable bonds is 6. The van der Waals surface area contributed by atoms with Gasteiger partial charge in [-0.15, -0.1) is 0 Å². The summed E-state index contributed by atoms with van der Waals surface area (Å²) in [6.45, 7) is 3.78. The van der Waals surface area contributed by atoms with Gasteiger partial charge in [0.25, 0.3) is 0 Å². The maximum absolute atomic E-state index is 13.6. The summed E-state index contributed by atoms with van der Waals surface area (Å²) in [4.78, 5) is 12.2. The molecule has 0 unspecified atom stereocenters. The topological polar surface area (TPSA) is 26.3 Å². The minimum absolute atomic E-state index is 0.0263. The largest absolute Gasteiger partial charge is 0.370 e. The van der Waals surface area contributed by atoms with Crippen molar-refractivity contribution in [3.8, 4) is 0 Å². The Kier molecular flexibility index (Phi) is 5.29. The average Bonchev–Trinajstić information content (AvgIpc) is 2.36. The average molecular weight is 273 g/mol. The van der Waals surface area contributed by atoms with Gasteiger partial charge in [-0.2, -0.15) is 0 Å². The molecule has 0 bridgehead atoms. The molecule has 0 saturated heterocycles. The number of benzene rings is 1. The van der Waals surface area contributed by atoms with E-state index < -0.39 is 11.4 Å². The lowest BCUT2D eigenvalue weighted by molar-refractivity contribution is -0.141.